The number of fused-ring (bicyclic) bond motifs is 15. The number of hydrogen-bond acceptors (Lipinski definition) is 3. The van der Waals surface area contributed by atoms with Crippen molar-refractivity contribution < 1.29 is 8.83 Å². The van der Waals surface area contributed by atoms with Crippen LogP contribution in [-0.2, 0) is 0 Å². The van der Waals surface area contributed by atoms with E-state index in [4.69, 9.17) is 8.83 Å². The molecule has 72 heavy (non-hydrogen) atoms. The van der Waals surface area contributed by atoms with Crippen LogP contribution in [0.1, 0.15) is 32.6 Å². The summed E-state index contributed by atoms with van der Waals surface area (Å²) in [5.74, 6) is 0.592. The molecule has 9 aromatic carbocycles. The fourth-order valence-corrected chi connectivity index (χ4v) is 13.9. The lowest BCUT2D eigenvalue weighted by Gasteiger charge is -2.36. The predicted octanol–water partition coefficient (Wildman–Crippen LogP) is 17.9. The summed E-state index contributed by atoms with van der Waals surface area (Å²) in [6.07, 6.45) is 14.5. The van der Waals surface area contributed by atoms with E-state index in [1.807, 2.05) is 0 Å². The van der Waals surface area contributed by atoms with Gasteiger partial charge >= 0.3 is 0 Å². The van der Waals surface area contributed by atoms with Crippen molar-refractivity contribution in [2.24, 2.45) is 11.3 Å². The standard InChI is InChI=1S/C67H49N3O2/c1-67-34-15-14-31-64(67)70(59-29-12-7-24-54(59)67)60-38-44(37-52-50-23-6-13-30-62(50)71-65(52)60)42-18-16-17-41(35-42)43-32-33-63-51(36-43)53-39-45(68-55-25-8-2-19-46(55)47-20-3-9-26-56(47)68)40-61(66(53)72-63)69-57-27-10-4-21-48(57)49-22-5-11-28-58(49)69/h2-6,8-11,13-23,25-28,30-40,54,59,64H,7,12,24,29H2,1H3. The molecule has 0 N–H and O–H groups in total. The number of hydrogen-bond donors (Lipinski definition) is 0. The predicted molar refractivity (Wildman–Crippen MR) is 299 cm³/mol. The average molecular weight is 928 g/mol. The number of rotatable bonds is 5. The van der Waals surface area contributed by atoms with Crippen molar-refractivity contribution >= 4 is 93.2 Å². The van der Waals surface area contributed by atoms with Gasteiger partial charge in [0.1, 0.15) is 11.2 Å². The minimum Gasteiger partial charge on any atom is -0.454 e. The van der Waals surface area contributed by atoms with Crippen molar-refractivity contribution in [3.8, 4) is 33.6 Å². The summed E-state index contributed by atoms with van der Waals surface area (Å²) in [6.45, 7) is 2.50. The first-order valence-corrected chi connectivity index (χ1v) is 25.8. The summed E-state index contributed by atoms with van der Waals surface area (Å²) in [4.78, 5) is 2.76. The second-order valence-corrected chi connectivity index (χ2v) is 20.9. The topological polar surface area (TPSA) is 39.4 Å². The van der Waals surface area contributed by atoms with Crippen LogP contribution in [0, 0.1) is 11.3 Å². The lowest BCUT2D eigenvalue weighted by Crippen LogP contribution is -2.39. The Morgan fingerprint density at radius 3 is 1.69 bits per heavy atom. The van der Waals surface area contributed by atoms with Gasteiger partial charge in [-0.3, -0.25) is 0 Å². The van der Waals surface area contributed by atoms with Gasteiger partial charge in [-0.2, -0.15) is 0 Å². The number of aromatic nitrogens is 2. The van der Waals surface area contributed by atoms with Crippen LogP contribution < -0.4 is 4.90 Å². The molecular formula is C67H49N3O2. The minimum atomic E-state index is 0.0679. The molecule has 1 aliphatic heterocycles. The molecule has 0 bridgehead atoms. The lowest BCUT2D eigenvalue weighted by molar-refractivity contribution is 0.223. The van der Waals surface area contributed by atoms with E-state index in [9.17, 15) is 0 Å². The van der Waals surface area contributed by atoms with E-state index < -0.39 is 0 Å². The van der Waals surface area contributed by atoms with Crippen molar-refractivity contribution in [3.05, 3.63) is 212 Å². The summed E-state index contributed by atoms with van der Waals surface area (Å²) in [5.41, 5.74) is 16.3. The van der Waals surface area contributed by atoms with Gasteiger partial charge < -0.3 is 22.9 Å². The first kappa shape index (κ1) is 40.2. The Hall–Kier alpha value is -8.54. The van der Waals surface area contributed by atoms with Crippen LogP contribution in [0.2, 0.25) is 0 Å². The van der Waals surface area contributed by atoms with Crippen molar-refractivity contribution in [1.29, 1.82) is 0 Å². The number of para-hydroxylation sites is 5. The molecular weight excluding hydrogens is 879 g/mol. The first-order valence-electron chi connectivity index (χ1n) is 25.8. The molecule has 2 fully saturated rings. The molecule has 5 heteroatoms. The molecule has 0 amide bonds. The fraction of sp³-hybridized carbons (Fsp3) is 0.134. The summed E-state index contributed by atoms with van der Waals surface area (Å²) < 4.78 is 18.8. The van der Waals surface area contributed by atoms with Crippen LogP contribution in [-0.4, -0.2) is 21.2 Å². The number of nitrogens with zero attached hydrogens (tertiary/aromatic N) is 3. The van der Waals surface area contributed by atoms with Gasteiger partial charge in [0.15, 0.2) is 11.2 Å². The molecule has 16 rings (SSSR count). The number of allylic oxidation sites excluding steroid dienone is 2. The summed E-state index contributed by atoms with van der Waals surface area (Å²) in [6, 6.07) is 69.7. The molecule has 1 saturated heterocycles. The molecule has 4 atom stereocenters. The van der Waals surface area contributed by atoms with Gasteiger partial charge in [0.25, 0.3) is 0 Å². The zero-order valence-corrected chi connectivity index (χ0v) is 39.9. The summed E-state index contributed by atoms with van der Waals surface area (Å²) in [7, 11) is 0. The van der Waals surface area contributed by atoms with E-state index in [2.05, 4.69) is 233 Å². The second-order valence-electron chi connectivity index (χ2n) is 20.9. The second kappa shape index (κ2) is 15.0. The Morgan fingerprint density at radius 1 is 0.431 bits per heavy atom. The van der Waals surface area contributed by atoms with Gasteiger partial charge in [0, 0.05) is 60.2 Å². The molecule has 1 saturated carbocycles. The molecule has 4 aromatic heterocycles. The molecule has 344 valence electrons. The van der Waals surface area contributed by atoms with Crippen molar-refractivity contribution in [3.63, 3.8) is 0 Å². The van der Waals surface area contributed by atoms with Crippen LogP contribution >= 0.6 is 0 Å². The van der Waals surface area contributed by atoms with Crippen LogP contribution in [0.5, 0.6) is 0 Å². The maximum Gasteiger partial charge on any atom is 0.159 e. The Bertz CT molecular complexity index is 4370. The molecule has 13 aromatic rings. The zero-order valence-electron chi connectivity index (χ0n) is 39.9. The van der Waals surface area contributed by atoms with Gasteiger partial charge in [-0.15, -0.1) is 0 Å². The number of benzene rings is 9. The smallest absolute Gasteiger partial charge is 0.159 e. The lowest BCUT2D eigenvalue weighted by atomic mass is 9.67. The monoisotopic (exact) mass is 927 g/mol. The van der Waals surface area contributed by atoms with Gasteiger partial charge in [0.05, 0.1) is 39.5 Å². The van der Waals surface area contributed by atoms with Crippen LogP contribution in [0.15, 0.2) is 221 Å². The molecule has 5 heterocycles. The van der Waals surface area contributed by atoms with Crippen LogP contribution in [0.3, 0.4) is 0 Å². The van der Waals surface area contributed by atoms with E-state index in [0.29, 0.717) is 12.0 Å². The fourth-order valence-electron chi connectivity index (χ4n) is 13.9. The highest BCUT2D eigenvalue weighted by Gasteiger charge is 2.55. The van der Waals surface area contributed by atoms with Crippen molar-refractivity contribution in [1.82, 2.24) is 9.13 Å². The van der Waals surface area contributed by atoms with E-state index >= 15 is 0 Å². The van der Waals surface area contributed by atoms with Gasteiger partial charge in [0.2, 0.25) is 0 Å². The Kier molecular flexibility index (Phi) is 8.37. The highest BCUT2D eigenvalue weighted by Crippen LogP contribution is 2.57. The largest absolute Gasteiger partial charge is 0.454 e. The van der Waals surface area contributed by atoms with Crippen LogP contribution in [0.25, 0.3) is 121 Å². The SMILES string of the molecule is CC12C=CC=CC1N(c1cc(-c3cccc(-c4ccc5oc6c(-n7c8ccccc8c8ccccc87)cc(-n7c8ccccc8c8ccccc87)cc6c5c4)c3)cc3c1oc1ccccc13)C1CCCCC12. The zero-order chi connectivity index (χ0) is 47.2. The average Bonchev–Trinajstić information content (AvgIpc) is 4.23. The molecule has 0 radical (unpaired) electrons. The molecule has 5 nitrogen and oxygen atoms in total. The van der Waals surface area contributed by atoms with E-state index in [1.165, 1.54) is 80.5 Å². The van der Waals surface area contributed by atoms with Gasteiger partial charge in [-0.25, -0.2) is 0 Å². The van der Waals surface area contributed by atoms with E-state index in [1.54, 1.807) is 0 Å². The third-order valence-electron chi connectivity index (χ3n) is 17.1. The highest BCUT2D eigenvalue weighted by molar-refractivity contribution is 6.15. The van der Waals surface area contributed by atoms with Gasteiger partial charge in [-0.1, -0.05) is 159 Å². The summed E-state index contributed by atoms with van der Waals surface area (Å²) in [5, 5.41) is 9.39. The third kappa shape index (κ3) is 5.59. The van der Waals surface area contributed by atoms with E-state index in [0.717, 1.165) is 72.0 Å². The van der Waals surface area contributed by atoms with Crippen molar-refractivity contribution in [2.45, 2.75) is 44.7 Å². The molecule has 2 aliphatic carbocycles. The minimum absolute atomic E-state index is 0.0679. The molecule has 0 spiro atoms. The maximum atomic E-state index is 7.10. The van der Waals surface area contributed by atoms with Crippen LogP contribution in [0.4, 0.5) is 5.69 Å². The maximum absolute atomic E-state index is 7.10. The Balaban J connectivity index is 0.899. The Labute approximate surface area is 416 Å². The van der Waals surface area contributed by atoms with Gasteiger partial charge in [-0.05, 0) is 114 Å². The normalized spacial score (nSPS) is 19.8. The molecule has 4 unspecified atom stereocenters. The first-order chi connectivity index (χ1) is 35.6. The number of furan rings is 2. The third-order valence-corrected chi connectivity index (χ3v) is 17.1. The quantitative estimate of drug-likeness (QED) is 0.173. The summed E-state index contributed by atoms with van der Waals surface area (Å²) >= 11 is 0. The number of anilines is 1. The van der Waals surface area contributed by atoms with E-state index in [-0.39, 0.29) is 11.5 Å². The van der Waals surface area contributed by atoms with Crippen molar-refractivity contribution in [2.75, 3.05) is 4.90 Å². The highest BCUT2D eigenvalue weighted by atomic mass is 16.3. The molecule has 3 aliphatic rings. The Morgan fingerprint density at radius 2 is 0.986 bits per heavy atom.